The number of nitrogens with zero attached hydrogens (tertiary/aromatic N) is 2. The fraction of sp³-hybridized carbons (Fsp3) is 0.0714. The van der Waals surface area contributed by atoms with E-state index < -0.39 is 5.97 Å². The van der Waals surface area contributed by atoms with Crippen LogP contribution in [-0.4, -0.2) is 32.6 Å². The third-order valence-electron chi connectivity index (χ3n) is 5.72. The molecule has 0 saturated carbocycles. The molecule has 37 heavy (non-hydrogen) atoms. The van der Waals surface area contributed by atoms with Gasteiger partial charge in [0.1, 0.15) is 5.75 Å². The van der Waals surface area contributed by atoms with Gasteiger partial charge in [-0.05, 0) is 59.7 Å². The summed E-state index contributed by atoms with van der Waals surface area (Å²) in [6.07, 6.45) is 2.04. The molecule has 0 bridgehead atoms. The monoisotopic (exact) mass is 512 g/mol. The van der Waals surface area contributed by atoms with E-state index in [1.54, 1.807) is 48.7 Å². The van der Waals surface area contributed by atoms with E-state index >= 15 is 0 Å². The number of aromatic carboxylic acids is 1. The summed E-state index contributed by atoms with van der Waals surface area (Å²) in [4.78, 5) is 35.9. The van der Waals surface area contributed by atoms with Crippen molar-refractivity contribution in [3.8, 4) is 16.9 Å². The Balaban J connectivity index is 1.37. The Morgan fingerprint density at radius 3 is 2.68 bits per heavy atom. The van der Waals surface area contributed by atoms with Gasteiger partial charge in [-0.2, -0.15) is 4.98 Å². The number of hydrogen-bond acceptors (Lipinski definition) is 6. The third-order valence-corrected chi connectivity index (χ3v) is 5.96. The second kappa shape index (κ2) is 10.5. The number of benzene rings is 3. The summed E-state index contributed by atoms with van der Waals surface area (Å²) in [6, 6.07) is 22.9. The summed E-state index contributed by atoms with van der Waals surface area (Å²) in [7, 11) is 0. The van der Waals surface area contributed by atoms with Crippen molar-refractivity contribution in [2.45, 2.75) is 6.42 Å². The van der Waals surface area contributed by atoms with Crippen LogP contribution in [0.1, 0.15) is 15.9 Å². The van der Waals surface area contributed by atoms with Gasteiger partial charge in [0.15, 0.2) is 5.65 Å². The number of aromatic nitrogens is 3. The molecule has 0 saturated heterocycles. The highest BCUT2D eigenvalue weighted by molar-refractivity contribution is 6.31. The number of carboxylic acids is 1. The van der Waals surface area contributed by atoms with Gasteiger partial charge < -0.3 is 15.2 Å². The number of carboxylic acid groups (broad SMARTS) is 1. The van der Waals surface area contributed by atoms with Crippen molar-refractivity contribution in [2.75, 3.05) is 11.9 Å². The molecule has 0 spiro atoms. The number of aromatic amines is 1. The largest absolute Gasteiger partial charge is 0.493 e. The number of para-hydroxylation sites is 1. The summed E-state index contributed by atoms with van der Waals surface area (Å²) >= 11 is 6.22. The number of hydrogen-bond donors (Lipinski definition) is 3. The van der Waals surface area contributed by atoms with E-state index in [1.807, 2.05) is 30.3 Å². The molecule has 0 aliphatic rings. The summed E-state index contributed by atoms with van der Waals surface area (Å²) in [5.41, 5.74) is 3.08. The van der Waals surface area contributed by atoms with Crippen molar-refractivity contribution < 1.29 is 14.6 Å². The maximum atomic E-state index is 12.9. The molecule has 2 heterocycles. The standard InChI is InChI=1S/C28H21ClN4O4/c29-20-9-10-23(22(16-20)18-5-4-6-19(15-18)27(35)36)37-14-12-17-11-13-30-25-24(17)26(34)33-28(32-25)31-21-7-2-1-3-8-21/h1-11,13,15-16H,12,14H2,(H,35,36)(H2,30,31,32,33,34). The van der Waals surface area contributed by atoms with Crippen LogP contribution in [0.15, 0.2) is 89.9 Å². The first-order valence-electron chi connectivity index (χ1n) is 11.4. The maximum absolute atomic E-state index is 12.9. The van der Waals surface area contributed by atoms with E-state index in [-0.39, 0.29) is 17.7 Å². The van der Waals surface area contributed by atoms with Gasteiger partial charge in [0.2, 0.25) is 5.95 Å². The van der Waals surface area contributed by atoms with Gasteiger partial charge in [-0.15, -0.1) is 0 Å². The maximum Gasteiger partial charge on any atom is 0.335 e. The molecule has 0 fully saturated rings. The smallest absolute Gasteiger partial charge is 0.335 e. The normalized spacial score (nSPS) is 10.8. The molecule has 5 rings (SSSR count). The predicted octanol–water partition coefficient (Wildman–Crippen LogP) is 5.70. The van der Waals surface area contributed by atoms with Gasteiger partial charge in [-0.25, -0.2) is 9.78 Å². The van der Waals surface area contributed by atoms with Gasteiger partial charge in [0, 0.05) is 28.9 Å². The number of halogens is 1. The van der Waals surface area contributed by atoms with Crippen LogP contribution in [0.25, 0.3) is 22.2 Å². The predicted molar refractivity (Wildman–Crippen MR) is 143 cm³/mol. The Morgan fingerprint density at radius 2 is 1.86 bits per heavy atom. The van der Waals surface area contributed by atoms with E-state index in [4.69, 9.17) is 16.3 Å². The zero-order valence-corrected chi connectivity index (χ0v) is 20.2. The highest BCUT2D eigenvalue weighted by Gasteiger charge is 2.13. The molecule has 2 aromatic heterocycles. The molecule has 8 nitrogen and oxygen atoms in total. The van der Waals surface area contributed by atoms with Gasteiger partial charge in [0.25, 0.3) is 5.56 Å². The van der Waals surface area contributed by atoms with Crippen molar-refractivity contribution in [3.63, 3.8) is 0 Å². The lowest BCUT2D eigenvalue weighted by molar-refractivity contribution is 0.0697. The first kappa shape index (κ1) is 24.0. The van der Waals surface area contributed by atoms with E-state index in [1.165, 1.54) is 6.07 Å². The zero-order valence-electron chi connectivity index (χ0n) is 19.4. The second-order valence-electron chi connectivity index (χ2n) is 8.20. The second-order valence-corrected chi connectivity index (χ2v) is 8.64. The molecule has 184 valence electrons. The minimum atomic E-state index is -1.02. The van der Waals surface area contributed by atoms with Crippen molar-refractivity contribution in [2.24, 2.45) is 0 Å². The number of nitrogens with one attached hydrogen (secondary N) is 2. The van der Waals surface area contributed by atoms with Gasteiger partial charge in [-0.3, -0.25) is 9.78 Å². The fourth-order valence-corrected chi connectivity index (χ4v) is 4.17. The first-order valence-corrected chi connectivity index (χ1v) is 11.8. The topological polar surface area (TPSA) is 117 Å². The van der Waals surface area contributed by atoms with Crippen LogP contribution in [0.4, 0.5) is 11.6 Å². The molecule has 0 amide bonds. The number of pyridine rings is 1. The zero-order chi connectivity index (χ0) is 25.8. The molecule has 0 radical (unpaired) electrons. The molecule has 3 N–H and O–H groups in total. The third kappa shape index (κ3) is 5.44. The number of anilines is 2. The van der Waals surface area contributed by atoms with Gasteiger partial charge >= 0.3 is 5.97 Å². The summed E-state index contributed by atoms with van der Waals surface area (Å²) in [5, 5.41) is 13.3. The van der Waals surface area contributed by atoms with E-state index in [0.29, 0.717) is 45.3 Å². The first-order chi connectivity index (χ1) is 18.0. The molecule has 0 aliphatic heterocycles. The van der Waals surface area contributed by atoms with Crippen molar-refractivity contribution in [1.82, 2.24) is 15.0 Å². The lowest BCUT2D eigenvalue weighted by atomic mass is 10.0. The molecule has 5 aromatic rings. The Labute approximate surface area is 216 Å². The van der Waals surface area contributed by atoms with Crippen molar-refractivity contribution >= 4 is 40.2 Å². The Kier molecular flexibility index (Phi) is 6.83. The average Bonchev–Trinajstić information content (AvgIpc) is 2.90. The Bertz CT molecular complexity index is 1650. The molecule has 0 unspecified atom stereocenters. The fourth-order valence-electron chi connectivity index (χ4n) is 4.00. The van der Waals surface area contributed by atoms with Gasteiger partial charge in [0.05, 0.1) is 17.6 Å². The Morgan fingerprint density at radius 1 is 1.03 bits per heavy atom. The van der Waals surface area contributed by atoms with Crippen molar-refractivity contribution in [3.05, 3.63) is 112 Å². The molecule has 0 atom stereocenters. The molecule has 3 aromatic carbocycles. The molecular formula is C28H21ClN4O4. The van der Waals surface area contributed by atoms with Crippen LogP contribution in [-0.2, 0) is 6.42 Å². The lowest BCUT2D eigenvalue weighted by Gasteiger charge is -2.13. The highest BCUT2D eigenvalue weighted by atomic mass is 35.5. The SMILES string of the molecule is O=C(O)c1cccc(-c2cc(Cl)ccc2OCCc2ccnc3nc(Nc4ccccc4)[nH]c(=O)c23)c1. The van der Waals surface area contributed by atoms with Crippen LogP contribution in [0, 0.1) is 0 Å². The lowest BCUT2D eigenvalue weighted by Crippen LogP contribution is -2.15. The summed E-state index contributed by atoms with van der Waals surface area (Å²) in [6.45, 7) is 0.260. The number of H-pyrrole nitrogens is 1. The van der Waals surface area contributed by atoms with Crippen LogP contribution in [0.2, 0.25) is 5.02 Å². The van der Waals surface area contributed by atoms with Crippen LogP contribution in [0.3, 0.4) is 0 Å². The number of rotatable bonds is 8. The average molecular weight is 513 g/mol. The van der Waals surface area contributed by atoms with Crippen LogP contribution in [0.5, 0.6) is 5.75 Å². The minimum absolute atomic E-state index is 0.166. The van der Waals surface area contributed by atoms with E-state index in [9.17, 15) is 14.7 Å². The molecule has 9 heteroatoms. The Hall–Kier alpha value is -4.69. The van der Waals surface area contributed by atoms with Crippen molar-refractivity contribution in [1.29, 1.82) is 0 Å². The summed E-state index contributed by atoms with van der Waals surface area (Å²) < 4.78 is 6.07. The van der Waals surface area contributed by atoms with Crippen LogP contribution >= 0.6 is 11.6 Å². The van der Waals surface area contributed by atoms with E-state index in [2.05, 4.69) is 20.3 Å². The number of fused-ring (bicyclic) bond motifs is 1. The van der Waals surface area contributed by atoms with Crippen LogP contribution < -0.4 is 15.6 Å². The molecular weight excluding hydrogens is 492 g/mol. The van der Waals surface area contributed by atoms with Gasteiger partial charge in [-0.1, -0.05) is 41.9 Å². The number of carbonyl (C=O) groups is 1. The number of ether oxygens (including phenoxy) is 1. The minimum Gasteiger partial charge on any atom is -0.493 e. The quantitative estimate of drug-likeness (QED) is 0.244. The molecule has 0 aliphatic carbocycles. The highest BCUT2D eigenvalue weighted by Crippen LogP contribution is 2.33. The summed E-state index contributed by atoms with van der Waals surface area (Å²) in [5.74, 6) is -0.164. The van der Waals surface area contributed by atoms with E-state index in [0.717, 1.165) is 11.3 Å².